The molecule has 2 N–H and O–H groups in total. The number of ether oxygens (including phenoxy) is 1. The number of amides is 2. The van der Waals surface area contributed by atoms with Crippen LogP contribution in [0.3, 0.4) is 0 Å². The van der Waals surface area contributed by atoms with Crippen LogP contribution < -0.4 is 5.32 Å². The molecule has 0 bridgehead atoms. The molecule has 10 heteroatoms. The Morgan fingerprint density at radius 3 is 2.62 bits per heavy atom. The van der Waals surface area contributed by atoms with E-state index in [9.17, 15) is 18.0 Å². The second-order valence-electron chi connectivity index (χ2n) is 10.4. The van der Waals surface area contributed by atoms with Crippen LogP contribution in [0.5, 0.6) is 0 Å². The fraction of sp³-hybridized carbons (Fsp3) is 0.517. The zero-order valence-electron chi connectivity index (χ0n) is 22.8. The first kappa shape index (κ1) is 27.5. The van der Waals surface area contributed by atoms with Gasteiger partial charge in [0.25, 0.3) is 5.91 Å². The third kappa shape index (κ3) is 5.77. The van der Waals surface area contributed by atoms with Gasteiger partial charge in [0.2, 0.25) is 0 Å². The second kappa shape index (κ2) is 11.6. The van der Waals surface area contributed by atoms with Crippen molar-refractivity contribution in [3.63, 3.8) is 0 Å². The Bertz CT molecular complexity index is 1390. The number of sulfone groups is 1. The number of piperazine rings is 1. The number of aromatic nitrogens is 1. The van der Waals surface area contributed by atoms with Gasteiger partial charge in [-0.3, -0.25) is 9.69 Å². The molecule has 3 heterocycles. The summed E-state index contributed by atoms with van der Waals surface area (Å²) in [6, 6.07) is 4.86. The summed E-state index contributed by atoms with van der Waals surface area (Å²) in [7, 11) is -3.39. The number of anilines is 1. The van der Waals surface area contributed by atoms with Crippen LogP contribution in [0.2, 0.25) is 0 Å². The number of hydrogen-bond donors (Lipinski definition) is 2. The summed E-state index contributed by atoms with van der Waals surface area (Å²) in [5, 5.41) is 2.89. The molecular formula is C29H38N4O5S. The van der Waals surface area contributed by atoms with Gasteiger partial charge < -0.3 is 19.9 Å². The van der Waals surface area contributed by atoms with Crippen LogP contribution >= 0.6 is 0 Å². The molecule has 2 amide bonds. The van der Waals surface area contributed by atoms with Crippen LogP contribution in [0, 0.1) is 0 Å². The van der Waals surface area contributed by atoms with Gasteiger partial charge in [-0.2, -0.15) is 0 Å². The average molecular weight is 555 g/mol. The molecule has 1 saturated heterocycles. The lowest BCUT2D eigenvalue weighted by molar-refractivity contribution is -0.110. The SMILES string of the molecule is CCOC(=O)N1CCN(CCCc2c(/C=C3\C(=O)Nc4ccc(S(=O)(=O)CC)cc43)[nH]c3c2CCCC3)CC1. The molecule has 1 fully saturated rings. The minimum atomic E-state index is -3.39. The van der Waals surface area contributed by atoms with E-state index in [1.165, 1.54) is 16.8 Å². The fourth-order valence-corrected chi connectivity index (χ4v) is 6.75. The zero-order valence-corrected chi connectivity index (χ0v) is 23.7. The van der Waals surface area contributed by atoms with Crippen molar-refractivity contribution in [3.05, 3.63) is 46.3 Å². The van der Waals surface area contributed by atoms with E-state index < -0.39 is 9.84 Å². The first-order valence-electron chi connectivity index (χ1n) is 14.1. The molecule has 0 atom stereocenters. The Morgan fingerprint density at radius 1 is 1.10 bits per heavy atom. The maximum atomic E-state index is 13.0. The predicted molar refractivity (Wildman–Crippen MR) is 151 cm³/mol. The Labute approximate surface area is 230 Å². The lowest BCUT2D eigenvalue weighted by atomic mass is 9.92. The Balaban J connectivity index is 1.34. The second-order valence-corrected chi connectivity index (χ2v) is 12.7. The molecule has 5 rings (SSSR count). The highest BCUT2D eigenvalue weighted by Crippen LogP contribution is 2.37. The monoisotopic (exact) mass is 554 g/mol. The topological polar surface area (TPSA) is 112 Å². The third-order valence-electron chi connectivity index (χ3n) is 8.04. The molecule has 210 valence electrons. The van der Waals surface area contributed by atoms with Gasteiger partial charge >= 0.3 is 6.09 Å². The molecular weight excluding hydrogens is 516 g/mol. The van der Waals surface area contributed by atoms with E-state index in [0.717, 1.165) is 63.9 Å². The summed E-state index contributed by atoms with van der Waals surface area (Å²) in [5.74, 6) is -0.202. The van der Waals surface area contributed by atoms with E-state index in [1.807, 2.05) is 13.0 Å². The molecule has 1 aromatic heterocycles. The van der Waals surface area contributed by atoms with E-state index >= 15 is 0 Å². The summed E-state index contributed by atoms with van der Waals surface area (Å²) < 4.78 is 30.1. The quantitative estimate of drug-likeness (QED) is 0.479. The van der Waals surface area contributed by atoms with Gasteiger partial charge in [0.1, 0.15) is 0 Å². The number of benzene rings is 1. The van der Waals surface area contributed by atoms with Crippen molar-refractivity contribution in [3.8, 4) is 0 Å². The van der Waals surface area contributed by atoms with Gasteiger partial charge in [-0.25, -0.2) is 13.2 Å². The highest BCUT2D eigenvalue weighted by molar-refractivity contribution is 7.91. The number of rotatable bonds is 8. The van der Waals surface area contributed by atoms with Crippen LogP contribution in [0.15, 0.2) is 23.1 Å². The maximum absolute atomic E-state index is 13.0. The molecule has 0 spiro atoms. The first-order valence-corrected chi connectivity index (χ1v) is 15.7. The molecule has 0 radical (unpaired) electrons. The van der Waals surface area contributed by atoms with Crippen LogP contribution in [0.25, 0.3) is 11.6 Å². The summed E-state index contributed by atoms with van der Waals surface area (Å²) in [6.45, 7) is 7.81. The number of carbonyl (C=O) groups is 2. The number of nitrogens with one attached hydrogen (secondary N) is 2. The van der Waals surface area contributed by atoms with Gasteiger partial charge in [-0.1, -0.05) is 6.92 Å². The van der Waals surface area contributed by atoms with E-state index in [1.54, 1.807) is 30.0 Å². The highest BCUT2D eigenvalue weighted by Gasteiger charge is 2.28. The molecule has 0 saturated carbocycles. The van der Waals surface area contributed by atoms with Crippen molar-refractivity contribution >= 4 is 39.2 Å². The lowest BCUT2D eigenvalue weighted by Crippen LogP contribution is -2.49. The van der Waals surface area contributed by atoms with E-state index in [0.29, 0.717) is 36.5 Å². The molecule has 2 aromatic rings. The summed E-state index contributed by atoms with van der Waals surface area (Å²) in [5.41, 5.74) is 6.62. The normalized spacial score (nSPS) is 18.7. The van der Waals surface area contributed by atoms with Crippen LogP contribution in [0.4, 0.5) is 10.5 Å². The number of nitrogens with zero attached hydrogens (tertiary/aromatic N) is 2. The number of aromatic amines is 1. The van der Waals surface area contributed by atoms with E-state index in [2.05, 4.69) is 15.2 Å². The molecule has 3 aliphatic rings. The van der Waals surface area contributed by atoms with Crippen LogP contribution in [-0.2, 0) is 38.6 Å². The molecule has 1 aliphatic carbocycles. The number of hydrogen-bond acceptors (Lipinski definition) is 6. The average Bonchev–Trinajstić information content (AvgIpc) is 3.45. The fourth-order valence-electron chi connectivity index (χ4n) is 5.85. The van der Waals surface area contributed by atoms with Gasteiger partial charge in [-0.05, 0) is 87.4 Å². The molecule has 1 aromatic carbocycles. The standard InChI is InChI=1S/C29H38N4O5S/c1-3-38-29(35)33-16-14-32(15-17-33)13-7-9-22-21-8-5-6-10-25(21)30-27(22)19-24-23-18-20(39(36,37)4-2)11-12-26(23)31-28(24)34/h11-12,18-19,30H,3-10,13-17H2,1-2H3,(H,31,34)/b24-19-. The Morgan fingerprint density at radius 2 is 1.87 bits per heavy atom. The summed E-state index contributed by atoms with van der Waals surface area (Å²) >= 11 is 0. The maximum Gasteiger partial charge on any atom is 0.409 e. The van der Waals surface area contributed by atoms with Gasteiger partial charge in [0.15, 0.2) is 9.84 Å². The Hall–Kier alpha value is -3.11. The predicted octanol–water partition coefficient (Wildman–Crippen LogP) is 3.89. The number of fused-ring (bicyclic) bond motifs is 2. The van der Waals surface area contributed by atoms with Crippen LogP contribution in [-0.4, -0.2) is 80.3 Å². The van der Waals surface area contributed by atoms with Crippen molar-refractivity contribution in [1.82, 2.24) is 14.8 Å². The number of aryl methyl sites for hydroxylation is 1. The first-order chi connectivity index (χ1) is 18.8. The zero-order chi connectivity index (χ0) is 27.6. The van der Waals surface area contributed by atoms with Crippen molar-refractivity contribution in [1.29, 1.82) is 0 Å². The minimum absolute atomic E-state index is 0.0115. The van der Waals surface area contributed by atoms with Crippen molar-refractivity contribution in [2.75, 3.05) is 50.4 Å². The Kier molecular flexibility index (Phi) is 8.13. The summed E-state index contributed by atoms with van der Waals surface area (Å²) in [4.78, 5) is 33.0. The summed E-state index contributed by atoms with van der Waals surface area (Å²) in [6.07, 6.45) is 7.89. The van der Waals surface area contributed by atoms with Crippen molar-refractivity contribution in [2.45, 2.75) is 57.3 Å². The highest BCUT2D eigenvalue weighted by atomic mass is 32.2. The van der Waals surface area contributed by atoms with Gasteiger partial charge in [0, 0.05) is 48.8 Å². The third-order valence-corrected chi connectivity index (χ3v) is 9.78. The van der Waals surface area contributed by atoms with Crippen molar-refractivity contribution in [2.24, 2.45) is 0 Å². The van der Waals surface area contributed by atoms with Gasteiger partial charge in [0.05, 0.1) is 22.8 Å². The molecule has 0 unspecified atom stereocenters. The smallest absolute Gasteiger partial charge is 0.409 e. The minimum Gasteiger partial charge on any atom is -0.450 e. The molecule has 2 aliphatic heterocycles. The lowest BCUT2D eigenvalue weighted by Gasteiger charge is -2.34. The largest absolute Gasteiger partial charge is 0.450 e. The van der Waals surface area contributed by atoms with E-state index in [-0.39, 0.29) is 22.6 Å². The molecule has 9 nitrogen and oxygen atoms in total. The number of H-pyrrole nitrogens is 1. The van der Waals surface area contributed by atoms with Gasteiger partial charge in [-0.15, -0.1) is 0 Å². The van der Waals surface area contributed by atoms with Crippen molar-refractivity contribution < 1.29 is 22.7 Å². The molecule has 39 heavy (non-hydrogen) atoms. The van der Waals surface area contributed by atoms with E-state index in [4.69, 9.17) is 4.74 Å². The number of carbonyl (C=O) groups excluding carboxylic acids is 2. The van der Waals surface area contributed by atoms with Crippen LogP contribution in [0.1, 0.15) is 61.2 Å².